The largest absolute Gasteiger partial charge is 0.444 e. The Morgan fingerprint density at radius 1 is 1.32 bits per heavy atom. The van der Waals surface area contributed by atoms with Gasteiger partial charge in [-0.3, -0.25) is 9.69 Å². The lowest BCUT2D eigenvalue weighted by atomic mass is 10.0. The van der Waals surface area contributed by atoms with E-state index in [1.165, 1.54) is 17.1 Å². The molecule has 1 heterocycles. The van der Waals surface area contributed by atoms with Gasteiger partial charge in [-0.15, -0.1) is 0 Å². The fourth-order valence-corrected chi connectivity index (χ4v) is 2.52. The molecule has 0 aromatic heterocycles. The maximum atomic E-state index is 12.7. The third-order valence-corrected chi connectivity index (χ3v) is 3.75. The second kappa shape index (κ2) is 7.80. The zero-order valence-corrected chi connectivity index (χ0v) is 15.0. The maximum absolute atomic E-state index is 12.7. The summed E-state index contributed by atoms with van der Waals surface area (Å²) in [6.45, 7) is 7.33. The molecule has 2 rings (SSSR count). The van der Waals surface area contributed by atoms with Gasteiger partial charge >= 0.3 is 6.09 Å². The molecular weight excluding hydrogens is 322 g/mol. The summed E-state index contributed by atoms with van der Waals surface area (Å²) < 4.78 is 10.8. The van der Waals surface area contributed by atoms with Gasteiger partial charge in [-0.2, -0.15) is 0 Å². The Labute approximate surface area is 148 Å². The molecule has 1 amide bonds. The molecule has 1 unspecified atom stereocenters. The number of carbonyl (C=O) groups excluding carboxylic acids is 2. The summed E-state index contributed by atoms with van der Waals surface area (Å²) in [5.41, 5.74) is 0.238. The molecule has 136 valence electrons. The Hall–Kier alpha value is -2.18. The normalized spacial score (nSPS) is 21.7. The number of rotatable bonds is 4. The highest BCUT2D eigenvalue weighted by Crippen LogP contribution is 2.21. The summed E-state index contributed by atoms with van der Waals surface area (Å²) >= 11 is 0. The number of hydrogen-bond acceptors (Lipinski definition) is 5. The van der Waals surface area contributed by atoms with Crippen LogP contribution < -0.4 is 0 Å². The van der Waals surface area contributed by atoms with Crippen molar-refractivity contribution >= 4 is 11.9 Å². The van der Waals surface area contributed by atoms with Gasteiger partial charge in [0.1, 0.15) is 11.7 Å². The van der Waals surface area contributed by atoms with Gasteiger partial charge < -0.3 is 14.6 Å². The van der Waals surface area contributed by atoms with E-state index in [-0.39, 0.29) is 12.3 Å². The smallest absolute Gasteiger partial charge is 0.410 e. The first-order chi connectivity index (χ1) is 11.7. The van der Waals surface area contributed by atoms with Crippen molar-refractivity contribution in [2.75, 3.05) is 0 Å². The Bertz CT molecular complexity index is 635. The van der Waals surface area contributed by atoms with Gasteiger partial charge in [-0.05, 0) is 45.4 Å². The molecule has 0 bridgehead atoms. The van der Waals surface area contributed by atoms with E-state index in [1.54, 1.807) is 27.7 Å². The highest BCUT2D eigenvalue weighted by atomic mass is 16.6. The highest BCUT2D eigenvalue weighted by molar-refractivity contribution is 5.95. The number of amides is 1. The summed E-state index contributed by atoms with van der Waals surface area (Å²) in [6, 6.07) is 8.82. The third kappa shape index (κ3) is 5.41. The second-order valence-electron chi connectivity index (χ2n) is 7.04. The quantitative estimate of drug-likeness (QED) is 0.906. The lowest BCUT2D eigenvalue weighted by Gasteiger charge is -2.36. The van der Waals surface area contributed by atoms with Gasteiger partial charge in [0.25, 0.3) is 0 Å². The van der Waals surface area contributed by atoms with Crippen LogP contribution in [0.3, 0.4) is 0 Å². The molecule has 0 aliphatic carbocycles. The SMILES string of the molecule is CC([C@@H]1O[C@@H](O)C=CC1=O)N(Cc1ccccc1)C(=O)OC(C)(C)C. The third-order valence-electron chi connectivity index (χ3n) is 3.75. The molecule has 6 nitrogen and oxygen atoms in total. The van der Waals surface area contributed by atoms with Crippen LogP contribution in [-0.4, -0.2) is 45.9 Å². The van der Waals surface area contributed by atoms with Crippen LogP contribution in [0.25, 0.3) is 0 Å². The molecule has 0 radical (unpaired) electrons. The van der Waals surface area contributed by atoms with Crippen LogP contribution in [-0.2, 0) is 20.8 Å². The Balaban J connectivity index is 2.25. The molecule has 0 spiro atoms. The van der Waals surface area contributed by atoms with Crippen molar-refractivity contribution in [3.8, 4) is 0 Å². The summed E-state index contributed by atoms with van der Waals surface area (Å²) in [6.07, 6.45) is -0.0889. The van der Waals surface area contributed by atoms with E-state index in [2.05, 4.69) is 0 Å². The maximum Gasteiger partial charge on any atom is 0.410 e. The van der Waals surface area contributed by atoms with Crippen molar-refractivity contribution in [1.82, 2.24) is 4.90 Å². The van der Waals surface area contributed by atoms with Crippen molar-refractivity contribution in [3.05, 3.63) is 48.0 Å². The van der Waals surface area contributed by atoms with Crippen LogP contribution in [0.15, 0.2) is 42.5 Å². The van der Waals surface area contributed by atoms with E-state index in [0.29, 0.717) is 0 Å². The molecule has 1 aliphatic rings. The number of benzene rings is 1. The minimum Gasteiger partial charge on any atom is -0.444 e. The zero-order valence-electron chi connectivity index (χ0n) is 15.0. The van der Waals surface area contributed by atoms with Crippen LogP contribution in [0.4, 0.5) is 4.79 Å². The van der Waals surface area contributed by atoms with E-state index in [1.807, 2.05) is 30.3 Å². The number of aliphatic hydroxyl groups excluding tert-OH is 1. The summed E-state index contributed by atoms with van der Waals surface area (Å²) in [5.74, 6) is -0.292. The van der Waals surface area contributed by atoms with E-state index < -0.39 is 30.1 Å². The molecule has 3 atom stereocenters. The highest BCUT2D eigenvalue weighted by Gasteiger charge is 2.36. The number of nitrogens with zero attached hydrogens (tertiary/aromatic N) is 1. The summed E-state index contributed by atoms with van der Waals surface area (Å²) in [5, 5.41) is 9.65. The number of ketones is 1. The number of ether oxygens (including phenoxy) is 2. The van der Waals surface area contributed by atoms with Crippen molar-refractivity contribution < 1.29 is 24.2 Å². The molecule has 0 saturated heterocycles. The van der Waals surface area contributed by atoms with Gasteiger partial charge in [-0.25, -0.2) is 4.79 Å². The van der Waals surface area contributed by atoms with Gasteiger partial charge in [0, 0.05) is 6.54 Å². The first-order valence-corrected chi connectivity index (χ1v) is 8.26. The fraction of sp³-hybridized carbons (Fsp3) is 0.474. The predicted octanol–water partition coefficient (Wildman–Crippen LogP) is 2.65. The van der Waals surface area contributed by atoms with E-state index in [0.717, 1.165) is 5.56 Å². The summed E-state index contributed by atoms with van der Waals surface area (Å²) in [4.78, 5) is 26.3. The Morgan fingerprint density at radius 3 is 2.56 bits per heavy atom. The lowest BCUT2D eigenvalue weighted by Crippen LogP contribution is -2.51. The van der Waals surface area contributed by atoms with Gasteiger partial charge in [0.15, 0.2) is 12.1 Å². The lowest BCUT2D eigenvalue weighted by molar-refractivity contribution is -0.157. The van der Waals surface area contributed by atoms with Crippen LogP contribution in [0.1, 0.15) is 33.3 Å². The molecule has 1 N–H and O–H groups in total. The molecule has 25 heavy (non-hydrogen) atoms. The predicted molar refractivity (Wildman–Crippen MR) is 92.7 cm³/mol. The van der Waals surface area contributed by atoms with Crippen LogP contribution >= 0.6 is 0 Å². The van der Waals surface area contributed by atoms with Crippen molar-refractivity contribution in [2.45, 2.75) is 58.3 Å². The molecule has 0 fully saturated rings. The zero-order chi connectivity index (χ0) is 18.6. The average molecular weight is 347 g/mol. The van der Waals surface area contributed by atoms with E-state index in [4.69, 9.17) is 9.47 Å². The van der Waals surface area contributed by atoms with E-state index >= 15 is 0 Å². The van der Waals surface area contributed by atoms with Crippen molar-refractivity contribution in [1.29, 1.82) is 0 Å². The first-order valence-electron chi connectivity index (χ1n) is 8.26. The first kappa shape index (κ1) is 19.1. The minimum atomic E-state index is -1.16. The topological polar surface area (TPSA) is 76.1 Å². The number of hydrogen-bond donors (Lipinski definition) is 1. The van der Waals surface area contributed by atoms with Crippen molar-refractivity contribution in [3.63, 3.8) is 0 Å². The number of aliphatic hydroxyl groups is 1. The fourth-order valence-electron chi connectivity index (χ4n) is 2.52. The Kier molecular flexibility index (Phi) is 5.98. The van der Waals surface area contributed by atoms with Crippen LogP contribution in [0.5, 0.6) is 0 Å². The molecule has 6 heteroatoms. The standard InChI is InChI=1S/C19H25NO5/c1-13(17-15(21)10-11-16(22)24-17)20(18(23)25-19(2,3)4)12-14-8-6-5-7-9-14/h5-11,13,16-17,22H,12H2,1-4H3/t13?,16-,17+/m1/s1. The van der Waals surface area contributed by atoms with Crippen LogP contribution in [0, 0.1) is 0 Å². The summed E-state index contributed by atoms with van der Waals surface area (Å²) in [7, 11) is 0. The number of carbonyl (C=O) groups is 2. The molecule has 1 aromatic rings. The van der Waals surface area contributed by atoms with Crippen molar-refractivity contribution in [2.24, 2.45) is 0 Å². The van der Waals surface area contributed by atoms with Crippen LogP contribution in [0.2, 0.25) is 0 Å². The molecule has 0 saturated carbocycles. The molecule has 1 aliphatic heterocycles. The van der Waals surface area contributed by atoms with Gasteiger partial charge in [-0.1, -0.05) is 30.3 Å². The molecular formula is C19H25NO5. The average Bonchev–Trinajstić information content (AvgIpc) is 2.53. The Morgan fingerprint density at radius 2 is 1.96 bits per heavy atom. The molecule has 1 aromatic carbocycles. The van der Waals surface area contributed by atoms with Gasteiger partial charge in [0.05, 0.1) is 6.04 Å². The monoisotopic (exact) mass is 347 g/mol. The minimum absolute atomic E-state index is 0.268. The van der Waals surface area contributed by atoms with Gasteiger partial charge in [0.2, 0.25) is 0 Å². The second-order valence-corrected chi connectivity index (χ2v) is 7.04. The van der Waals surface area contributed by atoms with E-state index in [9.17, 15) is 14.7 Å².